The number of aromatic nitrogens is 1. The van der Waals surface area contributed by atoms with Crippen molar-refractivity contribution in [2.45, 2.75) is 6.54 Å². The van der Waals surface area contributed by atoms with Crippen molar-refractivity contribution in [1.29, 1.82) is 0 Å². The highest BCUT2D eigenvalue weighted by molar-refractivity contribution is 6.04. The average Bonchev–Trinajstić information content (AvgIpc) is 2.76. The standard InChI is InChI=1S/C23H22F2N4O/c24-19-4-3-5-20(25)22(19)23(30)27-18-9-7-17(8-10-18)16-28-12-14-29(15-13-28)21-6-1-2-11-26-21/h1-11H,12-16H2,(H,27,30). The smallest absolute Gasteiger partial charge is 0.261 e. The van der Waals surface area contributed by atoms with Crippen LogP contribution in [-0.2, 0) is 6.54 Å². The molecule has 1 aromatic heterocycles. The highest BCUT2D eigenvalue weighted by atomic mass is 19.1. The molecule has 1 saturated heterocycles. The van der Waals surface area contributed by atoms with Crippen LogP contribution in [0.4, 0.5) is 20.3 Å². The normalized spacial score (nSPS) is 14.5. The Balaban J connectivity index is 1.32. The Labute approximate surface area is 174 Å². The maximum absolute atomic E-state index is 13.8. The van der Waals surface area contributed by atoms with Gasteiger partial charge in [0.1, 0.15) is 23.0 Å². The molecule has 0 spiro atoms. The molecule has 0 unspecified atom stereocenters. The summed E-state index contributed by atoms with van der Waals surface area (Å²) in [4.78, 5) is 21.2. The number of amides is 1. The first-order chi connectivity index (χ1) is 14.6. The van der Waals surface area contributed by atoms with E-state index in [4.69, 9.17) is 0 Å². The SMILES string of the molecule is O=C(Nc1ccc(CN2CCN(c3ccccn3)CC2)cc1)c1c(F)cccc1F. The molecule has 0 saturated carbocycles. The van der Waals surface area contributed by atoms with Gasteiger partial charge in [0.2, 0.25) is 0 Å². The first-order valence-corrected chi connectivity index (χ1v) is 9.83. The van der Waals surface area contributed by atoms with Gasteiger partial charge in [0, 0.05) is 44.6 Å². The number of pyridine rings is 1. The van der Waals surface area contributed by atoms with Crippen LogP contribution in [0.3, 0.4) is 0 Å². The maximum atomic E-state index is 13.8. The van der Waals surface area contributed by atoms with E-state index in [1.54, 1.807) is 12.1 Å². The fraction of sp³-hybridized carbons (Fsp3) is 0.217. The Morgan fingerprint density at radius 3 is 2.23 bits per heavy atom. The Morgan fingerprint density at radius 1 is 0.900 bits per heavy atom. The third kappa shape index (κ3) is 4.63. The number of anilines is 2. The van der Waals surface area contributed by atoms with Crippen LogP contribution >= 0.6 is 0 Å². The minimum Gasteiger partial charge on any atom is -0.354 e. The Bertz CT molecular complexity index is 983. The molecule has 0 bridgehead atoms. The summed E-state index contributed by atoms with van der Waals surface area (Å²) in [7, 11) is 0. The van der Waals surface area contributed by atoms with Gasteiger partial charge in [-0.05, 0) is 42.0 Å². The van der Waals surface area contributed by atoms with E-state index in [2.05, 4.69) is 20.1 Å². The molecule has 4 rings (SSSR count). The van der Waals surface area contributed by atoms with Crippen LogP contribution < -0.4 is 10.2 Å². The van der Waals surface area contributed by atoms with Gasteiger partial charge in [-0.25, -0.2) is 13.8 Å². The molecule has 1 amide bonds. The molecule has 154 valence electrons. The summed E-state index contributed by atoms with van der Waals surface area (Å²) in [5, 5.41) is 2.55. The second kappa shape index (κ2) is 9.00. The number of hydrogen-bond acceptors (Lipinski definition) is 4. The second-order valence-corrected chi connectivity index (χ2v) is 7.20. The van der Waals surface area contributed by atoms with Crippen molar-refractivity contribution >= 4 is 17.4 Å². The molecular formula is C23H22F2N4O. The lowest BCUT2D eigenvalue weighted by Gasteiger charge is -2.35. The van der Waals surface area contributed by atoms with Gasteiger partial charge in [-0.2, -0.15) is 0 Å². The number of hydrogen-bond donors (Lipinski definition) is 1. The van der Waals surface area contributed by atoms with Crippen LogP contribution in [0.1, 0.15) is 15.9 Å². The first-order valence-electron chi connectivity index (χ1n) is 9.83. The molecule has 0 radical (unpaired) electrons. The summed E-state index contributed by atoms with van der Waals surface area (Å²) < 4.78 is 27.5. The van der Waals surface area contributed by atoms with Gasteiger partial charge in [0.05, 0.1) is 0 Å². The molecule has 2 heterocycles. The van der Waals surface area contributed by atoms with Crippen molar-refractivity contribution < 1.29 is 13.6 Å². The molecule has 1 fully saturated rings. The van der Waals surface area contributed by atoms with E-state index in [0.29, 0.717) is 5.69 Å². The molecule has 0 atom stereocenters. The van der Waals surface area contributed by atoms with Gasteiger partial charge in [-0.3, -0.25) is 9.69 Å². The van der Waals surface area contributed by atoms with Gasteiger partial charge in [0.15, 0.2) is 0 Å². The molecular weight excluding hydrogens is 386 g/mol. The quantitative estimate of drug-likeness (QED) is 0.695. The summed E-state index contributed by atoms with van der Waals surface area (Å²) in [5.41, 5.74) is 1.02. The van der Waals surface area contributed by atoms with Crippen molar-refractivity contribution in [2.75, 3.05) is 36.4 Å². The van der Waals surface area contributed by atoms with Crippen LogP contribution in [0.5, 0.6) is 0 Å². The third-order valence-electron chi connectivity index (χ3n) is 5.15. The van der Waals surface area contributed by atoms with Crippen LogP contribution in [-0.4, -0.2) is 42.0 Å². The summed E-state index contributed by atoms with van der Waals surface area (Å²) in [6.45, 7) is 4.49. The number of carbonyl (C=O) groups excluding carboxylic acids is 1. The molecule has 1 aliphatic heterocycles. The zero-order chi connectivity index (χ0) is 20.9. The molecule has 7 heteroatoms. The van der Waals surface area contributed by atoms with Gasteiger partial charge in [-0.1, -0.05) is 24.3 Å². The topological polar surface area (TPSA) is 48.5 Å². The molecule has 1 aliphatic rings. The number of nitrogens with zero attached hydrogens (tertiary/aromatic N) is 3. The molecule has 0 aliphatic carbocycles. The Morgan fingerprint density at radius 2 is 1.60 bits per heavy atom. The van der Waals surface area contributed by atoms with Gasteiger partial charge in [-0.15, -0.1) is 0 Å². The second-order valence-electron chi connectivity index (χ2n) is 7.20. The monoisotopic (exact) mass is 408 g/mol. The predicted molar refractivity (Wildman–Crippen MR) is 112 cm³/mol. The number of benzene rings is 2. The zero-order valence-electron chi connectivity index (χ0n) is 16.4. The number of rotatable bonds is 5. The van der Waals surface area contributed by atoms with E-state index in [9.17, 15) is 13.6 Å². The summed E-state index contributed by atoms with van der Waals surface area (Å²) in [6, 6.07) is 16.6. The summed E-state index contributed by atoms with van der Waals surface area (Å²) in [6.07, 6.45) is 1.81. The molecule has 1 N–H and O–H groups in total. The molecule has 3 aromatic rings. The minimum absolute atomic E-state index is 0.492. The van der Waals surface area contributed by atoms with Crippen molar-refractivity contribution in [3.05, 3.63) is 89.6 Å². The van der Waals surface area contributed by atoms with Crippen molar-refractivity contribution in [3.63, 3.8) is 0 Å². The van der Waals surface area contributed by atoms with E-state index < -0.39 is 23.1 Å². The van der Waals surface area contributed by atoms with Gasteiger partial charge in [0.25, 0.3) is 5.91 Å². The fourth-order valence-corrected chi connectivity index (χ4v) is 3.54. The number of nitrogens with one attached hydrogen (secondary N) is 1. The van der Waals surface area contributed by atoms with Crippen molar-refractivity contribution in [2.24, 2.45) is 0 Å². The fourth-order valence-electron chi connectivity index (χ4n) is 3.54. The average molecular weight is 408 g/mol. The number of carbonyl (C=O) groups is 1. The van der Waals surface area contributed by atoms with E-state index >= 15 is 0 Å². The lowest BCUT2D eigenvalue weighted by atomic mass is 10.1. The molecule has 5 nitrogen and oxygen atoms in total. The number of piperazine rings is 1. The van der Waals surface area contributed by atoms with E-state index in [0.717, 1.165) is 56.2 Å². The summed E-state index contributed by atoms with van der Waals surface area (Å²) in [5.74, 6) is -1.56. The summed E-state index contributed by atoms with van der Waals surface area (Å²) >= 11 is 0. The van der Waals surface area contributed by atoms with Gasteiger partial charge < -0.3 is 10.2 Å². The van der Waals surface area contributed by atoms with Crippen LogP contribution in [0.2, 0.25) is 0 Å². The Kier molecular flexibility index (Phi) is 5.99. The van der Waals surface area contributed by atoms with Crippen LogP contribution in [0, 0.1) is 11.6 Å². The highest BCUT2D eigenvalue weighted by Crippen LogP contribution is 2.18. The third-order valence-corrected chi connectivity index (χ3v) is 5.15. The van der Waals surface area contributed by atoms with E-state index in [1.807, 2.05) is 36.5 Å². The van der Waals surface area contributed by atoms with Crippen molar-refractivity contribution in [1.82, 2.24) is 9.88 Å². The molecule has 30 heavy (non-hydrogen) atoms. The zero-order valence-corrected chi connectivity index (χ0v) is 16.4. The van der Waals surface area contributed by atoms with Crippen LogP contribution in [0.25, 0.3) is 0 Å². The van der Waals surface area contributed by atoms with Crippen LogP contribution in [0.15, 0.2) is 66.9 Å². The minimum atomic E-state index is -0.881. The predicted octanol–water partition coefficient (Wildman–Crippen LogP) is 3.93. The van der Waals surface area contributed by atoms with E-state index in [1.165, 1.54) is 6.07 Å². The van der Waals surface area contributed by atoms with Gasteiger partial charge >= 0.3 is 0 Å². The lowest BCUT2D eigenvalue weighted by Crippen LogP contribution is -2.46. The first kappa shape index (κ1) is 20.0. The molecule has 2 aromatic carbocycles. The lowest BCUT2D eigenvalue weighted by molar-refractivity contribution is 0.101. The van der Waals surface area contributed by atoms with E-state index in [-0.39, 0.29) is 0 Å². The Hall–Kier alpha value is -3.32. The van der Waals surface area contributed by atoms with Crippen molar-refractivity contribution in [3.8, 4) is 0 Å². The largest absolute Gasteiger partial charge is 0.354 e. The highest BCUT2D eigenvalue weighted by Gasteiger charge is 2.19. The number of halogens is 2. The maximum Gasteiger partial charge on any atom is 0.261 e.